The van der Waals surface area contributed by atoms with Gasteiger partial charge in [-0.15, -0.1) is 0 Å². The Morgan fingerprint density at radius 1 is 1.07 bits per heavy atom. The maximum atomic E-state index is 15.8. The first-order valence-electron chi connectivity index (χ1n) is 13.1. The monoisotopic (exact) mass is 544 g/mol. The number of pyridine rings is 2. The second-order valence-corrected chi connectivity index (χ2v) is 10.2. The average Bonchev–Trinajstić information content (AvgIpc) is 2.93. The second kappa shape index (κ2) is 10.6. The van der Waals surface area contributed by atoms with Gasteiger partial charge in [-0.25, -0.2) is 8.78 Å². The van der Waals surface area contributed by atoms with E-state index in [4.69, 9.17) is 0 Å². The molecule has 1 N–H and O–H groups in total. The number of phenolic OH excluding ortho intramolecular Hbond substituents is 1. The number of rotatable bonds is 5. The van der Waals surface area contributed by atoms with E-state index in [0.717, 1.165) is 11.6 Å². The summed E-state index contributed by atoms with van der Waals surface area (Å²) < 4.78 is 32.2. The number of phenols is 1. The highest BCUT2D eigenvalue weighted by Crippen LogP contribution is 2.39. The van der Waals surface area contributed by atoms with Crippen molar-refractivity contribution in [2.45, 2.75) is 26.7 Å². The molecule has 5 rings (SSSR count). The SMILES string of the molecule is C=CC(=O)N1CCN(c2cc(=O)n(-c3c(C)ccnc3C(C)C)c3cc(-c4c(O)cccc4F)c(F)cc23)CC1. The van der Waals surface area contributed by atoms with Crippen molar-refractivity contribution in [3.8, 4) is 22.6 Å². The summed E-state index contributed by atoms with van der Waals surface area (Å²) >= 11 is 0. The maximum absolute atomic E-state index is 15.8. The standard InChI is InChI=1S/C31H30F2N4O3/c1-5-27(39)36-13-11-35(12-14-36)24-17-28(40)37(31-19(4)9-10-34-30(31)18(2)3)25-16-20(23(33)15-21(24)25)29-22(32)7-6-8-26(29)38/h5-10,15-18,38H,1,11-14H2,2-4H3. The van der Waals surface area contributed by atoms with E-state index < -0.39 is 17.4 Å². The number of benzene rings is 2. The Morgan fingerprint density at radius 2 is 1.80 bits per heavy atom. The first kappa shape index (κ1) is 27.1. The van der Waals surface area contributed by atoms with Crippen molar-refractivity contribution in [2.75, 3.05) is 31.1 Å². The molecule has 4 aromatic rings. The Hall–Kier alpha value is -4.53. The first-order valence-corrected chi connectivity index (χ1v) is 13.1. The lowest BCUT2D eigenvalue weighted by Crippen LogP contribution is -2.48. The summed E-state index contributed by atoms with van der Waals surface area (Å²) in [5.74, 6) is -2.14. The molecular weight excluding hydrogens is 514 g/mol. The average molecular weight is 545 g/mol. The van der Waals surface area contributed by atoms with Crippen LogP contribution in [0, 0.1) is 18.6 Å². The second-order valence-electron chi connectivity index (χ2n) is 10.2. The molecule has 1 amide bonds. The topological polar surface area (TPSA) is 78.7 Å². The zero-order valence-corrected chi connectivity index (χ0v) is 22.6. The molecule has 0 saturated carbocycles. The number of aromatic hydroxyl groups is 1. The van der Waals surface area contributed by atoms with E-state index >= 15 is 4.39 Å². The van der Waals surface area contributed by atoms with E-state index in [9.17, 15) is 19.1 Å². The number of carbonyl (C=O) groups excluding carboxylic acids is 1. The summed E-state index contributed by atoms with van der Waals surface area (Å²) in [6.07, 6.45) is 2.95. The number of carbonyl (C=O) groups is 1. The van der Waals surface area contributed by atoms with Crippen LogP contribution in [0.2, 0.25) is 0 Å². The van der Waals surface area contributed by atoms with E-state index in [1.807, 2.05) is 25.7 Å². The molecule has 0 unspecified atom stereocenters. The van der Waals surface area contributed by atoms with Gasteiger partial charge in [-0.1, -0.05) is 26.5 Å². The minimum Gasteiger partial charge on any atom is -0.507 e. The smallest absolute Gasteiger partial charge is 0.257 e. The molecule has 0 radical (unpaired) electrons. The van der Waals surface area contributed by atoms with Gasteiger partial charge in [0.1, 0.15) is 17.4 Å². The van der Waals surface area contributed by atoms with E-state index in [0.29, 0.717) is 54.2 Å². The van der Waals surface area contributed by atoms with Gasteiger partial charge in [0.2, 0.25) is 5.91 Å². The van der Waals surface area contributed by atoms with Gasteiger partial charge in [0.05, 0.1) is 28.1 Å². The van der Waals surface area contributed by atoms with Crippen LogP contribution in [-0.2, 0) is 4.79 Å². The maximum Gasteiger partial charge on any atom is 0.257 e. The summed E-state index contributed by atoms with van der Waals surface area (Å²) in [6, 6.07) is 9.75. The van der Waals surface area contributed by atoms with Crippen molar-refractivity contribution in [1.82, 2.24) is 14.5 Å². The summed E-state index contributed by atoms with van der Waals surface area (Å²) in [5, 5.41) is 10.9. The predicted molar refractivity (Wildman–Crippen MR) is 152 cm³/mol. The third-order valence-electron chi connectivity index (χ3n) is 7.38. The molecule has 2 aromatic heterocycles. The number of fused-ring (bicyclic) bond motifs is 1. The lowest BCUT2D eigenvalue weighted by atomic mass is 9.99. The molecule has 40 heavy (non-hydrogen) atoms. The predicted octanol–water partition coefficient (Wildman–Crippen LogP) is 5.30. The minimum atomic E-state index is -0.785. The molecule has 0 spiro atoms. The number of hydrogen-bond donors (Lipinski definition) is 1. The Morgan fingerprint density at radius 3 is 2.45 bits per heavy atom. The Balaban J connectivity index is 1.81. The third-order valence-corrected chi connectivity index (χ3v) is 7.38. The number of amides is 1. The number of nitrogens with zero attached hydrogens (tertiary/aromatic N) is 4. The molecule has 1 fully saturated rings. The highest BCUT2D eigenvalue weighted by atomic mass is 19.1. The van der Waals surface area contributed by atoms with E-state index in [-0.39, 0.29) is 28.5 Å². The number of aromatic nitrogens is 2. The summed E-state index contributed by atoms with van der Waals surface area (Å²) in [4.78, 5) is 34.2. The van der Waals surface area contributed by atoms with Crippen LogP contribution in [0.1, 0.15) is 31.0 Å². The summed E-state index contributed by atoms with van der Waals surface area (Å²) in [5.41, 5.74) is 2.12. The van der Waals surface area contributed by atoms with Crippen molar-refractivity contribution >= 4 is 22.5 Å². The highest BCUT2D eigenvalue weighted by Gasteiger charge is 2.26. The molecule has 0 aliphatic carbocycles. The normalized spacial score (nSPS) is 13.8. The first-order chi connectivity index (χ1) is 19.1. The van der Waals surface area contributed by atoms with Crippen LogP contribution in [0.25, 0.3) is 27.7 Å². The van der Waals surface area contributed by atoms with Gasteiger partial charge < -0.3 is 14.9 Å². The fourth-order valence-electron chi connectivity index (χ4n) is 5.37. The van der Waals surface area contributed by atoms with Gasteiger partial charge in [-0.2, -0.15) is 0 Å². The quantitative estimate of drug-likeness (QED) is 0.345. The Bertz CT molecular complexity index is 1690. The van der Waals surface area contributed by atoms with Crippen LogP contribution in [0.3, 0.4) is 0 Å². The molecule has 1 aliphatic heterocycles. The Labute approximate surface area is 230 Å². The molecule has 9 heteroatoms. The third kappa shape index (κ3) is 4.61. The van der Waals surface area contributed by atoms with Gasteiger partial charge >= 0.3 is 0 Å². The van der Waals surface area contributed by atoms with Crippen LogP contribution in [0.4, 0.5) is 14.5 Å². The number of anilines is 1. The van der Waals surface area contributed by atoms with Crippen LogP contribution in [0.5, 0.6) is 5.75 Å². The molecule has 2 aromatic carbocycles. The van der Waals surface area contributed by atoms with Crippen molar-refractivity contribution in [3.63, 3.8) is 0 Å². The van der Waals surface area contributed by atoms with Gasteiger partial charge in [-0.05, 0) is 54.8 Å². The lowest BCUT2D eigenvalue weighted by molar-refractivity contribution is -0.126. The molecule has 0 bridgehead atoms. The van der Waals surface area contributed by atoms with Gasteiger partial charge in [-0.3, -0.25) is 19.1 Å². The highest BCUT2D eigenvalue weighted by molar-refractivity contribution is 5.96. The molecule has 3 heterocycles. The van der Waals surface area contributed by atoms with Crippen LogP contribution < -0.4 is 10.5 Å². The zero-order chi connectivity index (χ0) is 28.7. The molecule has 7 nitrogen and oxygen atoms in total. The fraction of sp³-hybridized carbons (Fsp3) is 0.258. The molecule has 206 valence electrons. The number of halogens is 2. The van der Waals surface area contributed by atoms with E-state index in [1.165, 1.54) is 41.0 Å². The van der Waals surface area contributed by atoms with Crippen molar-refractivity contribution in [1.29, 1.82) is 0 Å². The number of aryl methyl sites for hydroxylation is 1. The van der Waals surface area contributed by atoms with E-state index in [2.05, 4.69) is 11.6 Å². The largest absolute Gasteiger partial charge is 0.507 e. The van der Waals surface area contributed by atoms with Gasteiger partial charge in [0, 0.05) is 49.4 Å². The molecule has 0 atom stereocenters. The fourth-order valence-corrected chi connectivity index (χ4v) is 5.37. The van der Waals surface area contributed by atoms with Crippen LogP contribution >= 0.6 is 0 Å². The van der Waals surface area contributed by atoms with E-state index in [1.54, 1.807) is 17.2 Å². The molecule has 1 saturated heterocycles. The number of hydrogen-bond acceptors (Lipinski definition) is 5. The molecule has 1 aliphatic rings. The van der Waals surface area contributed by atoms with Gasteiger partial charge in [0.25, 0.3) is 5.56 Å². The van der Waals surface area contributed by atoms with Crippen LogP contribution in [-0.4, -0.2) is 51.6 Å². The van der Waals surface area contributed by atoms with Crippen molar-refractivity contribution in [3.05, 3.63) is 94.6 Å². The van der Waals surface area contributed by atoms with Crippen molar-refractivity contribution < 1.29 is 18.7 Å². The van der Waals surface area contributed by atoms with Crippen LogP contribution in [0.15, 0.2) is 66.1 Å². The minimum absolute atomic E-state index is 0.0254. The number of piperazine rings is 1. The van der Waals surface area contributed by atoms with Gasteiger partial charge in [0.15, 0.2) is 0 Å². The lowest BCUT2D eigenvalue weighted by Gasteiger charge is -2.36. The summed E-state index contributed by atoms with van der Waals surface area (Å²) in [6.45, 7) is 11.1. The Kier molecular flexibility index (Phi) is 7.14. The summed E-state index contributed by atoms with van der Waals surface area (Å²) in [7, 11) is 0. The zero-order valence-electron chi connectivity index (χ0n) is 22.6. The molecular formula is C31H30F2N4O3. The van der Waals surface area contributed by atoms with Crippen molar-refractivity contribution in [2.24, 2.45) is 0 Å².